The van der Waals surface area contributed by atoms with E-state index in [4.69, 9.17) is 23.7 Å². The second-order valence-corrected chi connectivity index (χ2v) is 8.67. The van der Waals surface area contributed by atoms with Gasteiger partial charge in [0.05, 0.1) is 13.4 Å². The molecule has 13 heteroatoms. The topological polar surface area (TPSA) is 161 Å². The Morgan fingerprint density at radius 2 is 1.68 bits per heavy atom. The smallest absolute Gasteiger partial charge is 0.303 e. The van der Waals surface area contributed by atoms with Crippen LogP contribution in [-0.4, -0.2) is 74.6 Å². The van der Waals surface area contributed by atoms with Gasteiger partial charge in [0.2, 0.25) is 0 Å². The van der Waals surface area contributed by atoms with Crippen molar-refractivity contribution in [2.24, 2.45) is 0 Å². The van der Waals surface area contributed by atoms with Crippen molar-refractivity contribution < 1.29 is 43.2 Å². The van der Waals surface area contributed by atoms with Crippen LogP contribution in [0.3, 0.4) is 0 Å². The van der Waals surface area contributed by atoms with Crippen LogP contribution in [0.4, 0.5) is 0 Å². The summed E-state index contributed by atoms with van der Waals surface area (Å²) in [5, 5.41) is 11.0. The first kappa shape index (κ1) is 26.9. The molecule has 0 spiro atoms. The second kappa shape index (κ2) is 11.5. The van der Waals surface area contributed by atoms with Gasteiger partial charge in [0.25, 0.3) is 0 Å². The molecule has 1 aromatic carbocycles. The van der Waals surface area contributed by atoms with E-state index >= 15 is 0 Å². The largest absolute Gasteiger partial charge is 0.497 e. The lowest BCUT2D eigenvalue weighted by atomic mass is 10.0. The molecule has 1 fully saturated rings. The molecule has 202 valence electrons. The number of carbonyl (C=O) groups excluding carboxylic acids is 3. The fraction of sp³-hybridized carbons (Fsp3) is 0.440. The number of nitrogens with zero attached hydrogens (tertiary/aromatic N) is 4. The number of ether oxygens (including phenoxy) is 5. The van der Waals surface area contributed by atoms with Gasteiger partial charge in [-0.15, -0.1) is 0 Å². The molecule has 0 radical (unpaired) electrons. The van der Waals surface area contributed by atoms with E-state index in [-0.39, 0.29) is 13.0 Å². The molecule has 1 saturated heterocycles. The molecule has 5 atom stereocenters. The van der Waals surface area contributed by atoms with Crippen LogP contribution in [0.15, 0.2) is 36.9 Å². The highest BCUT2D eigenvalue weighted by molar-refractivity contribution is 5.74. The van der Waals surface area contributed by atoms with Crippen LogP contribution in [0.1, 0.15) is 44.4 Å². The molecule has 0 amide bonds. The highest BCUT2D eigenvalue weighted by Crippen LogP contribution is 2.36. The van der Waals surface area contributed by atoms with Gasteiger partial charge in [-0.3, -0.25) is 19.0 Å². The third-order valence-corrected chi connectivity index (χ3v) is 5.91. The maximum Gasteiger partial charge on any atom is 0.303 e. The lowest BCUT2D eigenvalue weighted by molar-refractivity contribution is -0.166. The molecule has 0 aliphatic carbocycles. The van der Waals surface area contributed by atoms with E-state index in [0.29, 0.717) is 22.6 Å². The first-order valence-electron chi connectivity index (χ1n) is 11.8. The van der Waals surface area contributed by atoms with Crippen molar-refractivity contribution in [2.75, 3.05) is 13.7 Å². The minimum atomic E-state index is -1.10. The molecular weight excluding hydrogens is 500 g/mol. The van der Waals surface area contributed by atoms with Crippen molar-refractivity contribution in [2.45, 2.75) is 57.8 Å². The zero-order valence-corrected chi connectivity index (χ0v) is 21.3. The normalized spacial score (nSPS) is 21.6. The average molecular weight is 529 g/mol. The molecular formula is C25H28N4O9. The summed E-state index contributed by atoms with van der Waals surface area (Å²) >= 11 is 0. The number of benzene rings is 1. The van der Waals surface area contributed by atoms with Crippen LogP contribution < -0.4 is 4.74 Å². The van der Waals surface area contributed by atoms with E-state index in [1.807, 2.05) is 12.1 Å². The fourth-order valence-electron chi connectivity index (χ4n) is 4.30. The van der Waals surface area contributed by atoms with Crippen LogP contribution in [0.2, 0.25) is 0 Å². The Morgan fingerprint density at radius 3 is 2.32 bits per heavy atom. The Morgan fingerprint density at radius 1 is 1.00 bits per heavy atom. The Kier molecular flexibility index (Phi) is 8.17. The minimum absolute atomic E-state index is 0.241. The van der Waals surface area contributed by atoms with Gasteiger partial charge in [-0.2, -0.15) is 0 Å². The van der Waals surface area contributed by atoms with Crippen LogP contribution >= 0.6 is 0 Å². The van der Waals surface area contributed by atoms with Gasteiger partial charge in [-0.05, 0) is 17.7 Å². The average Bonchev–Trinajstić information content (AvgIpc) is 3.44. The molecule has 0 bridgehead atoms. The van der Waals surface area contributed by atoms with Crippen LogP contribution in [0.5, 0.6) is 5.75 Å². The number of hydrogen-bond acceptors (Lipinski definition) is 12. The number of imidazole rings is 1. The molecule has 3 aromatic rings. The molecule has 4 rings (SSSR count). The number of esters is 3. The number of rotatable bonds is 9. The lowest BCUT2D eigenvalue weighted by Crippen LogP contribution is -2.40. The van der Waals surface area contributed by atoms with E-state index in [9.17, 15) is 19.5 Å². The predicted molar refractivity (Wildman–Crippen MR) is 129 cm³/mol. The summed E-state index contributed by atoms with van der Waals surface area (Å²) in [6.07, 6.45) is -2.19. The first-order valence-corrected chi connectivity index (χ1v) is 11.8. The third-order valence-electron chi connectivity index (χ3n) is 5.91. The summed E-state index contributed by atoms with van der Waals surface area (Å²) < 4.78 is 28.7. The molecule has 1 aliphatic rings. The fourth-order valence-corrected chi connectivity index (χ4v) is 4.30. The van der Waals surface area contributed by atoms with Crippen molar-refractivity contribution in [3.8, 4) is 5.75 Å². The summed E-state index contributed by atoms with van der Waals surface area (Å²) in [4.78, 5) is 48.1. The number of aliphatic hydroxyl groups is 1. The zero-order chi connectivity index (χ0) is 27.4. The van der Waals surface area contributed by atoms with E-state index in [1.165, 1.54) is 38.0 Å². The van der Waals surface area contributed by atoms with Gasteiger partial charge in [0.15, 0.2) is 24.1 Å². The zero-order valence-electron chi connectivity index (χ0n) is 21.3. The van der Waals surface area contributed by atoms with Crippen LogP contribution in [0, 0.1) is 0 Å². The van der Waals surface area contributed by atoms with Crippen molar-refractivity contribution in [3.63, 3.8) is 0 Å². The maximum absolute atomic E-state index is 11.9. The van der Waals surface area contributed by atoms with Gasteiger partial charge in [0, 0.05) is 27.2 Å². The summed E-state index contributed by atoms with van der Waals surface area (Å²) in [5.74, 6) is -1.13. The quantitative estimate of drug-likeness (QED) is 0.315. The van der Waals surface area contributed by atoms with Crippen molar-refractivity contribution in [1.82, 2.24) is 19.5 Å². The monoisotopic (exact) mass is 528 g/mol. The van der Waals surface area contributed by atoms with Gasteiger partial charge >= 0.3 is 17.9 Å². The summed E-state index contributed by atoms with van der Waals surface area (Å²) in [6.45, 7) is 3.41. The number of aliphatic hydroxyl groups excluding tert-OH is 1. The Labute approximate surface area is 217 Å². The number of aromatic nitrogens is 4. The molecule has 0 saturated carbocycles. The standard InChI is InChI=1S/C25H28N4O9/c1-13(30)35-10-19-22(36-14(2)31)23(37-15(3)32)25(38-19)29-12-28-21-20(26-11-27-24(21)29)18(33)9-16-5-7-17(34-4)8-6-16/h5-8,11-12,18-19,22-23,25,33H,9-10H2,1-4H3/t18?,19-,22-,23-,25-/m1/s1. The SMILES string of the molecule is COc1ccc(CC(O)c2ncnc3c2ncn3[C@@H]2O[C@H](COC(C)=O)[C@@H](OC(C)=O)[C@H]2OC(C)=O)cc1. The summed E-state index contributed by atoms with van der Waals surface area (Å²) in [7, 11) is 1.57. The highest BCUT2D eigenvalue weighted by atomic mass is 16.7. The van der Waals surface area contributed by atoms with E-state index < -0.39 is 48.6 Å². The number of hydrogen-bond donors (Lipinski definition) is 1. The Bertz CT molecular complexity index is 1310. The van der Waals surface area contributed by atoms with Crippen molar-refractivity contribution in [1.29, 1.82) is 0 Å². The van der Waals surface area contributed by atoms with E-state index in [0.717, 1.165) is 5.56 Å². The minimum Gasteiger partial charge on any atom is -0.497 e. The number of carbonyl (C=O) groups is 3. The first-order chi connectivity index (χ1) is 18.2. The summed E-state index contributed by atoms with van der Waals surface area (Å²) in [6, 6.07) is 7.27. The lowest BCUT2D eigenvalue weighted by Gasteiger charge is -2.23. The van der Waals surface area contributed by atoms with Gasteiger partial charge in [-0.1, -0.05) is 12.1 Å². The molecule has 1 aliphatic heterocycles. The van der Waals surface area contributed by atoms with Gasteiger partial charge in [0.1, 0.15) is 42.1 Å². The molecule has 1 N–H and O–H groups in total. The van der Waals surface area contributed by atoms with Gasteiger partial charge in [-0.25, -0.2) is 15.0 Å². The van der Waals surface area contributed by atoms with Crippen molar-refractivity contribution >= 4 is 29.1 Å². The number of fused-ring (bicyclic) bond motifs is 1. The van der Waals surface area contributed by atoms with Crippen LogP contribution in [-0.2, 0) is 39.8 Å². The van der Waals surface area contributed by atoms with E-state index in [2.05, 4.69) is 15.0 Å². The third kappa shape index (κ3) is 5.89. The molecule has 3 heterocycles. The Hall–Kier alpha value is -4.10. The Balaban J connectivity index is 1.66. The van der Waals surface area contributed by atoms with E-state index in [1.54, 1.807) is 19.2 Å². The predicted octanol–water partition coefficient (Wildman–Crippen LogP) is 1.43. The maximum atomic E-state index is 11.9. The molecule has 1 unspecified atom stereocenters. The van der Waals surface area contributed by atoms with Gasteiger partial charge < -0.3 is 28.8 Å². The molecule has 13 nitrogen and oxygen atoms in total. The molecule has 38 heavy (non-hydrogen) atoms. The second-order valence-electron chi connectivity index (χ2n) is 8.67. The summed E-state index contributed by atoms with van der Waals surface area (Å²) in [5.41, 5.74) is 1.75. The van der Waals surface area contributed by atoms with Crippen molar-refractivity contribution in [3.05, 3.63) is 48.2 Å². The van der Waals surface area contributed by atoms with Crippen LogP contribution in [0.25, 0.3) is 11.2 Å². The number of methoxy groups -OCH3 is 1. The molecule has 2 aromatic heterocycles. The highest BCUT2D eigenvalue weighted by Gasteiger charge is 2.51.